The third kappa shape index (κ3) is 4.11. The standard InChI is InChI=1S/C21H24N2O2S/c1-15-9-10-18-17(13-15)21(26-16-7-4-3-5-8-16)19(23(18)2)14-20(25)22-11-6-12-24/h3-5,7-10,13,24H,6,11-12,14H2,1-2H3,(H,22,25). The normalized spacial score (nSPS) is 11.0. The summed E-state index contributed by atoms with van der Waals surface area (Å²) in [5.74, 6) is -0.0176. The van der Waals surface area contributed by atoms with Crippen LogP contribution in [0.3, 0.4) is 0 Å². The highest BCUT2D eigenvalue weighted by Crippen LogP contribution is 2.38. The number of hydrogen-bond acceptors (Lipinski definition) is 3. The number of carbonyl (C=O) groups excluding carboxylic acids is 1. The van der Waals surface area contributed by atoms with Gasteiger partial charge in [-0.25, -0.2) is 0 Å². The topological polar surface area (TPSA) is 54.3 Å². The van der Waals surface area contributed by atoms with Crippen LogP contribution in [0.25, 0.3) is 10.9 Å². The molecule has 0 aliphatic rings. The van der Waals surface area contributed by atoms with Crippen LogP contribution in [0.1, 0.15) is 17.7 Å². The Morgan fingerprint density at radius 1 is 1.19 bits per heavy atom. The van der Waals surface area contributed by atoms with Crippen molar-refractivity contribution in [3.05, 3.63) is 59.8 Å². The van der Waals surface area contributed by atoms with Crippen molar-refractivity contribution in [1.29, 1.82) is 0 Å². The second-order valence-electron chi connectivity index (χ2n) is 6.37. The minimum Gasteiger partial charge on any atom is -0.396 e. The van der Waals surface area contributed by atoms with Crippen molar-refractivity contribution in [2.45, 2.75) is 29.6 Å². The van der Waals surface area contributed by atoms with E-state index in [2.05, 4.69) is 47.1 Å². The van der Waals surface area contributed by atoms with Gasteiger partial charge in [0, 0.05) is 46.6 Å². The second kappa shape index (κ2) is 8.43. The first-order valence-electron chi connectivity index (χ1n) is 8.78. The van der Waals surface area contributed by atoms with Crippen LogP contribution >= 0.6 is 11.8 Å². The summed E-state index contributed by atoms with van der Waals surface area (Å²) < 4.78 is 2.12. The molecule has 3 rings (SSSR count). The fraction of sp³-hybridized carbons (Fsp3) is 0.286. The van der Waals surface area contributed by atoms with Crippen LogP contribution in [0.2, 0.25) is 0 Å². The Labute approximate surface area is 158 Å². The van der Waals surface area contributed by atoms with Gasteiger partial charge in [0.15, 0.2) is 0 Å². The van der Waals surface area contributed by atoms with Crippen molar-refractivity contribution < 1.29 is 9.90 Å². The van der Waals surface area contributed by atoms with E-state index in [1.54, 1.807) is 11.8 Å². The number of aliphatic hydroxyl groups is 1. The number of carbonyl (C=O) groups is 1. The van der Waals surface area contributed by atoms with Crippen LogP contribution < -0.4 is 5.32 Å². The van der Waals surface area contributed by atoms with Crippen LogP contribution in [0.15, 0.2) is 58.3 Å². The quantitative estimate of drug-likeness (QED) is 0.626. The number of aliphatic hydroxyl groups excluding tert-OH is 1. The van der Waals surface area contributed by atoms with Crippen molar-refractivity contribution in [2.75, 3.05) is 13.2 Å². The smallest absolute Gasteiger partial charge is 0.225 e. The number of aromatic nitrogens is 1. The molecule has 0 aliphatic heterocycles. The van der Waals surface area contributed by atoms with Crippen molar-refractivity contribution in [2.24, 2.45) is 7.05 Å². The van der Waals surface area contributed by atoms with E-state index < -0.39 is 0 Å². The van der Waals surface area contributed by atoms with Gasteiger partial charge in [-0.1, -0.05) is 41.6 Å². The van der Waals surface area contributed by atoms with E-state index in [0.717, 1.165) is 21.0 Å². The summed E-state index contributed by atoms with van der Waals surface area (Å²) in [6.07, 6.45) is 0.899. The predicted molar refractivity (Wildman–Crippen MR) is 107 cm³/mol. The number of nitrogens with one attached hydrogen (secondary N) is 1. The first kappa shape index (κ1) is 18.5. The van der Waals surface area contributed by atoms with Crippen LogP contribution in [0, 0.1) is 6.92 Å². The van der Waals surface area contributed by atoms with Crippen LogP contribution in [0.4, 0.5) is 0 Å². The maximum Gasteiger partial charge on any atom is 0.225 e. The first-order chi connectivity index (χ1) is 12.6. The molecule has 136 valence electrons. The van der Waals surface area contributed by atoms with Crippen molar-refractivity contribution in [3.8, 4) is 0 Å². The zero-order valence-electron chi connectivity index (χ0n) is 15.2. The lowest BCUT2D eigenvalue weighted by Crippen LogP contribution is -2.27. The Balaban J connectivity index is 1.98. The fourth-order valence-corrected chi connectivity index (χ4v) is 4.15. The fourth-order valence-electron chi connectivity index (χ4n) is 3.02. The molecule has 1 heterocycles. The number of nitrogens with zero attached hydrogens (tertiary/aromatic N) is 1. The number of benzene rings is 2. The van der Waals surface area contributed by atoms with Crippen LogP contribution in [0.5, 0.6) is 0 Å². The summed E-state index contributed by atoms with van der Waals surface area (Å²) in [5.41, 5.74) is 3.35. The zero-order chi connectivity index (χ0) is 18.5. The zero-order valence-corrected chi connectivity index (χ0v) is 16.0. The average Bonchev–Trinajstić information content (AvgIpc) is 2.88. The third-order valence-electron chi connectivity index (χ3n) is 4.37. The molecule has 26 heavy (non-hydrogen) atoms. The molecular formula is C21H24N2O2S. The molecule has 4 nitrogen and oxygen atoms in total. The van der Waals surface area contributed by atoms with Crippen molar-refractivity contribution in [1.82, 2.24) is 9.88 Å². The van der Waals surface area contributed by atoms with Crippen molar-refractivity contribution >= 4 is 28.6 Å². The molecule has 0 unspecified atom stereocenters. The summed E-state index contributed by atoms with van der Waals surface area (Å²) >= 11 is 1.70. The highest BCUT2D eigenvalue weighted by Gasteiger charge is 2.18. The van der Waals surface area contributed by atoms with Gasteiger partial charge in [0.05, 0.1) is 6.42 Å². The number of aryl methyl sites for hydroxylation is 2. The Kier molecular flexibility index (Phi) is 6.01. The molecule has 2 N–H and O–H groups in total. The maximum absolute atomic E-state index is 12.4. The molecule has 2 aromatic carbocycles. The molecule has 0 saturated carbocycles. The van der Waals surface area contributed by atoms with E-state index in [1.165, 1.54) is 10.9 Å². The Hall–Kier alpha value is -2.24. The van der Waals surface area contributed by atoms with Gasteiger partial charge in [0.1, 0.15) is 0 Å². The molecule has 0 fully saturated rings. The predicted octanol–water partition coefficient (Wildman–Crippen LogP) is 3.68. The van der Waals surface area contributed by atoms with E-state index in [4.69, 9.17) is 5.11 Å². The molecule has 0 aliphatic carbocycles. The Bertz CT molecular complexity index is 903. The Morgan fingerprint density at radius 2 is 1.96 bits per heavy atom. The number of amides is 1. The van der Waals surface area contributed by atoms with E-state index in [-0.39, 0.29) is 12.5 Å². The summed E-state index contributed by atoms with van der Waals surface area (Å²) in [7, 11) is 2.02. The highest BCUT2D eigenvalue weighted by molar-refractivity contribution is 7.99. The number of hydrogen-bond donors (Lipinski definition) is 2. The maximum atomic E-state index is 12.4. The summed E-state index contributed by atoms with van der Waals surface area (Å²) in [4.78, 5) is 14.7. The minimum absolute atomic E-state index is 0.0176. The minimum atomic E-state index is -0.0176. The number of rotatable bonds is 7. The van der Waals surface area contributed by atoms with Gasteiger partial charge < -0.3 is 15.0 Å². The molecular weight excluding hydrogens is 344 g/mol. The van der Waals surface area contributed by atoms with E-state index in [0.29, 0.717) is 19.4 Å². The summed E-state index contributed by atoms with van der Waals surface area (Å²) in [5, 5.41) is 12.9. The largest absolute Gasteiger partial charge is 0.396 e. The van der Waals surface area contributed by atoms with Gasteiger partial charge in [-0.2, -0.15) is 0 Å². The molecule has 5 heteroatoms. The van der Waals surface area contributed by atoms with Gasteiger partial charge in [-0.3, -0.25) is 4.79 Å². The monoisotopic (exact) mass is 368 g/mol. The molecule has 0 spiro atoms. The lowest BCUT2D eigenvalue weighted by atomic mass is 10.2. The molecule has 0 radical (unpaired) electrons. The molecule has 0 saturated heterocycles. The molecule has 0 atom stereocenters. The lowest BCUT2D eigenvalue weighted by Gasteiger charge is -2.09. The van der Waals surface area contributed by atoms with E-state index >= 15 is 0 Å². The van der Waals surface area contributed by atoms with Crippen LogP contribution in [-0.2, 0) is 18.3 Å². The lowest BCUT2D eigenvalue weighted by molar-refractivity contribution is -0.120. The first-order valence-corrected chi connectivity index (χ1v) is 9.60. The molecule has 0 bridgehead atoms. The SMILES string of the molecule is Cc1ccc2c(c1)c(Sc1ccccc1)c(CC(=O)NCCCO)n2C. The third-order valence-corrected chi connectivity index (χ3v) is 5.54. The van der Waals surface area contributed by atoms with E-state index in [9.17, 15) is 4.79 Å². The number of fused-ring (bicyclic) bond motifs is 1. The van der Waals surface area contributed by atoms with Gasteiger partial charge in [-0.15, -0.1) is 0 Å². The van der Waals surface area contributed by atoms with Gasteiger partial charge in [0.25, 0.3) is 0 Å². The second-order valence-corrected chi connectivity index (χ2v) is 7.46. The highest BCUT2D eigenvalue weighted by atomic mass is 32.2. The average molecular weight is 369 g/mol. The Morgan fingerprint density at radius 3 is 2.69 bits per heavy atom. The van der Waals surface area contributed by atoms with Gasteiger partial charge in [-0.05, 0) is 37.6 Å². The van der Waals surface area contributed by atoms with Gasteiger partial charge >= 0.3 is 0 Å². The summed E-state index contributed by atoms with van der Waals surface area (Å²) in [6, 6.07) is 16.6. The van der Waals surface area contributed by atoms with Gasteiger partial charge in [0.2, 0.25) is 5.91 Å². The molecule has 1 amide bonds. The molecule has 1 aromatic heterocycles. The van der Waals surface area contributed by atoms with Crippen LogP contribution in [-0.4, -0.2) is 28.7 Å². The van der Waals surface area contributed by atoms with E-state index in [1.807, 2.05) is 25.2 Å². The van der Waals surface area contributed by atoms with Crippen molar-refractivity contribution in [3.63, 3.8) is 0 Å². The molecule has 3 aromatic rings. The summed E-state index contributed by atoms with van der Waals surface area (Å²) in [6.45, 7) is 2.67.